The van der Waals surface area contributed by atoms with Crippen molar-refractivity contribution in [2.24, 2.45) is 0 Å². The van der Waals surface area contributed by atoms with E-state index in [0.717, 1.165) is 22.8 Å². The molecule has 28 heavy (non-hydrogen) atoms. The Balaban J connectivity index is 1.55. The second-order valence-electron chi connectivity index (χ2n) is 7.72. The van der Waals surface area contributed by atoms with Crippen LogP contribution < -0.4 is 10.6 Å². The van der Waals surface area contributed by atoms with Gasteiger partial charge in [-0.1, -0.05) is 25.0 Å². The third kappa shape index (κ3) is 4.02. The van der Waals surface area contributed by atoms with Crippen molar-refractivity contribution in [1.29, 1.82) is 0 Å². The summed E-state index contributed by atoms with van der Waals surface area (Å²) in [5.41, 5.74) is 3.95. The maximum absolute atomic E-state index is 11.9. The average molecular weight is 377 g/mol. The molecule has 2 N–H and O–H groups in total. The Morgan fingerprint density at radius 1 is 1.07 bits per heavy atom. The highest BCUT2D eigenvalue weighted by molar-refractivity contribution is 5.92. The SMILES string of the molecule is CN(C)CC(=O)Nc1ccc(Nc2nc3ccccc3n2C2CCCC2)cc1. The first-order valence-corrected chi connectivity index (χ1v) is 9.89. The van der Waals surface area contributed by atoms with Crippen LogP contribution in [0.1, 0.15) is 31.7 Å². The first-order chi connectivity index (χ1) is 13.6. The molecule has 1 aliphatic rings. The van der Waals surface area contributed by atoms with Gasteiger partial charge in [0.1, 0.15) is 0 Å². The van der Waals surface area contributed by atoms with E-state index in [-0.39, 0.29) is 5.91 Å². The minimum Gasteiger partial charge on any atom is -0.326 e. The summed E-state index contributed by atoms with van der Waals surface area (Å²) in [5.74, 6) is 0.867. The second kappa shape index (κ2) is 8.02. The number of imidazole rings is 1. The van der Waals surface area contributed by atoms with Crippen molar-refractivity contribution < 1.29 is 4.79 Å². The van der Waals surface area contributed by atoms with Gasteiger partial charge in [0.05, 0.1) is 17.6 Å². The summed E-state index contributed by atoms with van der Waals surface area (Å²) in [6.07, 6.45) is 4.95. The number of aromatic nitrogens is 2. The van der Waals surface area contributed by atoms with Gasteiger partial charge in [-0.2, -0.15) is 0 Å². The fourth-order valence-electron chi connectivity index (χ4n) is 3.92. The molecular formula is C22H27N5O. The molecule has 6 nitrogen and oxygen atoms in total. The summed E-state index contributed by atoms with van der Waals surface area (Å²) in [4.78, 5) is 18.6. The van der Waals surface area contributed by atoms with Crippen molar-refractivity contribution in [3.63, 3.8) is 0 Å². The van der Waals surface area contributed by atoms with Gasteiger partial charge >= 0.3 is 0 Å². The zero-order valence-corrected chi connectivity index (χ0v) is 16.5. The predicted octanol–water partition coefficient (Wildman–Crippen LogP) is 4.40. The molecule has 4 rings (SSSR count). The Labute approximate surface area is 165 Å². The van der Waals surface area contributed by atoms with Gasteiger partial charge in [0.25, 0.3) is 0 Å². The smallest absolute Gasteiger partial charge is 0.238 e. The van der Waals surface area contributed by atoms with Gasteiger partial charge in [0.2, 0.25) is 11.9 Å². The Hall–Kier alpha value is -2.86. The minimum atomic E-state index is -0.0197. The molecule has 1 aromatic heterocycles. The van der Waals surface area contributed by atoms with E-state index in [1.54, 1.807) is 0 Å². The Kier molecular flexibility index (Phi) is 5.30. The average Bonchev–Trinajstić information content (AvgIpc) is 3.29. The standard InChI is InChI=1S/C22H27N5O/c1-26(2)15-21(28)23-16-11-13-17(14-12-16)24-22-25-19-9-5-6-10-20(19)27(22)18-7-3-4-8-18/h5-6,9-14,18H,3-4,7-8,15H2,1-2H3,(H,23,28)(H,24,25). The molecule has 1 aliphatic carbocycles. The molecule has 0 aliphatic heterocycles. The van der Waals surface area contributed by atoms with Gasteiger partial charge in [-0.3, -0.25) is 4.79 Å². The van der Waals surface area contributed by atoms with E-state index in [1.165, 1.54) is 31.2 Å². The molecule has 1 heterocycles. The van der Waals surface area contributed by atoms with Crippen molar-refractivity contribution in [3.8, 4) is 0 Å². The molecule has 6 heteroatoms. The van der Waals surface area contributed by atoms with Gasteiger partial charge in [0, 0.05) is 17.4 Å². The van der Waals surface area contributed by atoms with Crippen LogP contribution in [0.25, 0.3) is 11.0 Å². The quantitative estimate of drug-likeness (QED) is 0.669. The maximum Gasteiger partial charge on any atom is 0.238 e. The Bertz CT molecular complexity index is 955. The van der Waals surface area contributed by atoms with Crippen LogP contribution in [0.3, 0.4) is 0 Å². The van der Waals surface area contributed by atoms with Crippen LogP contribution in [0.15, 0.2) is 48.5 Å². The summed E-state index contributed by atoms with van der Waals surface area (Å²) in [6.45, 7) is 0.366. The lowest BCUT2D eigenvalue weighted by atomic mass is 10.2. The number of amides is 1. The highest BCUT2D eigenvalue weighted by atomic mass is 16.2. The van der Waals surface area contributed by atoms with E-state index < -0.39 is 0 Å². The van der Waals surface area contributed by atoms with Gasteiger partial charge in [-0.25, -0.2) is 4.98 Å². The number of anilines is 3. The number of likely N-dealkylation sites (N-methyl/N-ethyl adjacent to an activating group) is 1. The molecular weight excluding hydrogens is 350 g/mol. The molecule has 3 aromatic rings. The van der Waals surface area contributed by atoms with Gasteiger partial charge in [0.15, 0.2) is 0 Å². The number of carbonyl (C=O) groups is 1. The van der Waals surface area contributed by atoms with Crippen molar-refractivity contribution in [3.05, 3.63) is 48.5 Å². The number of hydrogen-bond donors (Lipinski definition) is 2. The van der Waals surface area contributed by atoms with E-state index in [0.29, 0.717) is 12.6 Å². The number of nitrogens with one attached hydrogen (secondary N) is 2. The van der Waals surface area contributed by atoms with Crippen molar-refractivity contribution in [2.45, 2.75) is 31.7 Å². The van der Waals surface area contributed by atoms with Crippen LogP contribution in [-0.4, -0.2) is 41.0 Å². The Morgan fingerprint density at radius 2 is 1.75 bits per heavy atom. The van der Waals surface area contributed by atoms with Gasteiger partial charge < -0.3 is 20.1 Å². The number of rotatable bonds is 6. The molecule has 1 fully saturated rings. The number of benzene rings is 2. The van der Waals surface area contributed by atoms with E-state index in [2.05, 4.69) is 33.4 Å². The molecule has 146 valence electrons. The van der Waals surface area contributed by atoms with Crippen molar-refractivity contribution in [2.75, 3.05) is 31.3 Å². The number of para-hydroxylation sites is 2. The minimum absolute atomic E-state index is 0.0197. The summed E-state index contributed by atoms with van der Waals surface area (Å²) < 4.78 is 2.36. The number of hydrogen-bond acceptors (Lipinski definition) is 4. The highest BCUT2D eigenvalue weighted by Crippen LogP contribution is 2.36. The van der Waals surface area contributed by atoms with E-state index in [1.807, 2.05) is 49.3 Å². The summed E-state index contributed by atoms with van der Waals surface area (Å²) >= 11 is 0. The van der Waals surface area contributed by atoms with Gasteiger partial charge in [-0.15, -0.1) is 0 Å². The highest BCUT2D eigenvalue weighted by Gasteiger charge is 2.22. The summed E-state index contributed by atoms with van der Waals surface area (Å²) in [5, 5.41) is 6.40. The van der Waals surface area contributed by atoms with Crippen molar-refractivity contribution >= 4 is 34.3 Å². The fourth-order valence-corrected chi connectivity index (χ4v) is 3.92. The topological polar surface area (TPSA) is 62.2 Å². The van der Waals surface area contributed by atoms with E-state index >= 15 is 0 Å². The van der Waals surface area contributed by atoms with Gasteiger partial charge in [-0.05, 0) is 63.3 Å². The van der Waals surface area contributed by atoms with Crippen LogP contribution in [0.5, 0.6) is 0 Å². The van der Waals surface area contributed by atoms with Crippen LogP contribution in [0.2, 0.25) is 0 Å². The fraction of sp³-hybridized carbons (Fsp3) is 0.364. The molecule has 0 atom stereocenters. The normalized spacial score (nSPS) is 14.7. The zero-order chi connectivity index (χ0) is 19.5. The maximum atomic E-state index is 11.9. The van der Waals surface area contributed by atoms with Crippen LogP contribution >= 0.6 is 0 Å². The molecule has 2 aromatic carbocycles. The third-order valence-electron chi connectivity index (χ3n) is 5.17. The monoisotopic (exact) mass is 377 g/mol. The molecule has 0 unspecified atom stereocenters. The molecule has 1 amide bonds. The summed E-state index contributed by atoms with van der Waals surface area (Å²) in [6, 6.07) is 16.6. The number of nitrogens with zero attached hydrogens (tertiary/aromatic N) is 3. The largest absolute Gasteiger partial charge is 0.326 e. The zero-order valence-electron chi connectivity index (χ0n) is 16.5. The lowest BCUT2D eigenvalue weighted by molar-refractivity contribution is -0.116. The molecule has 0 bridgehead atoms. The lowest BCUT2D eigenvalue weighted by Crippen LogP contribution is -2.27. The predicted molar refractivity (Wildman–Crippen MR) is 114 cm³/mol. The van der Waals surface area contributed by atoms with Crippen LogP contribution in [0.4, 0.5) is 17.3 Å². The third-order valence-corrected chi connectivity index (χ3v) is 5.17. The second-order valence-corrected chi connectivity index (χ2v) is 7.72. The molecule has 0 spiro atoms. The van der Waals surface area contributed by atoms with Crippen LogP contribution in [0, 0.1) is 0 Å². The lowest BCUT2D eigenvalue weighted by Gasteiger charge is -2.17. The number of carbonyl (C=O) groups excluding carboxylic acids is 1. The Morgan fingerprint density at radius 3 is 2.46 bits per heavy atom. The molecule has 1 saturated carbocycles. The van der Waals surface area contributed by atoms with Crippen LogP contribution in [-0.2, 0) is 4.79 Å². The molecule has 0 saturated heterocycles. The first kappa shape index (κ1) is 18.5. The van der Waals surface area contributed by atoms with E-state index in [4.69, 9.17) is 4.98 Å². The number of fused-ring (bicyclic) bond motifs is 1. The molecule has 0 radical (unpaired) electrons. The summed E-state index contributed by atoms with van der Waals surface area (Å²) in [7, 11) is 3.76. The first-order valence-electron chi connectivity index (χ1n) is 9.89. The van der Waals surface area contributed by atoms with Crippen molar-refractivity contribution in [1.82, 2.24) is 14.5 Å². The van der Waals surface area contributed by atoms with E-state index in [9.17, 15) is 4.79 Å².